The van der Waals surface area contributed by atoms with Crippen molar-refractivity contribution in [3.05, 3.63) is 57.6 Å². The highest BCUT2D eigenvalue weighted by molar-refractivity contribution is 6.55. The van der Waals surface area contributed by atoms with Crippen molar-refractivity contribution in [2.45, 2.75) is 0 Å². The van der Waals surface area contributed by atoms with Gasteiger partial charge in [0.05, 0.1) is 10.5 Å². The lowest BCUT2D eigenvalue weighted by molar-refractivity contribution is -0.384. The highest BCUT2D eigenvalue weighted by atomic mass is 35.5. The first kappa shape index (κ1) is 14.0. The lowest BCUT2D eigenvalue weighted by atomic mass is 10.1. The summed E-state index contributed by atoms with van der Waals surface area (Å²) < 4.78 is 0. The molecule has 0 aliphatic carbocycles. The molecule has 0 radical (unpaired) electrons. The fourth-order valence-corrected chi connectivity index (χ4v) is 2.13. The topological polar surface area (TPSA) is 80.5 Å². The van der Waals surface area contributed by atoms with Gasteiger partial charge in [-0.05, 0) is 17.7 Å². The van der Waals surface area contributed by atoms with Crippen LogP contribution < -0.4 is 0 Å². The number of amides is 2. The average Bonchev–Trinajstić information content (AvgIpc) is 2.63. The molecule has 1 aromatic rings. The summed E-state index contributed by atoms with van der Waals surface area (Å²) in [6.07, 6.45) is 1.42. The van der Waals surface area contributed by atoms with E-state index in [0.29, 0.717) is 5.56 Å². The van der Waals surface area contributed by atoms with Crippen molar-refractivity contribution in [2.24, 2.45) is 0 Å². The van der Waals surface area contributed by atoms with E-state index in [0.717, 1.165) is 4.90 Å². The van der Waals surface area contributed by atoms with Gasteiger partial charge in [0.15, 0.2) is 0 Å². The monoisotopic (exact) mass is 292 g/mol. The summed E-state index contributed by atoms with van der Waals surface area (Å²) in [5.74, 6) is -1.13. The fourth-order valence-electron chi connectivity index (χ4n) is 1.84. The molecule has 0 fully saturated rings. The zero-order chi connectivity index (χ0) is 14.9. The zero-order valence-electron chi connectivity index (χ0n) is 10.2. The molecule has 6 nitrogen and oxygen atoms in total. The highest BCUT2D eigenvalue weighted by Gasteiger charge is 2.37. The second kappa shape index (κ2) is 5.26. The average molecular weight is 293 g/mol. The standard InChI is InChI=1S/C13H9ClN2O4/c1-2-7-15-12(17)10(11(14)13(15)18)8-3-5-9(6-4-8)16(19)20/h2-6H,1,7H2. The molecule has 1 aliphatic heterocycles. The molecule has 2 rings (SSSR count). The normalized spacial score (nSPS) is 14.9. The number of hydrogen-bond donors (Lipinski definition) is 0. The van der Waals surface area contributed by atoms with Crippen LogP contribution in [0.15, 0.2) is 42.0 Å². The molecule has 0 atom stereocenters. The molecule has 102 valence electrons. The lowest BCUT2D eigenvalue weighted by Gasteiger charge is -2.11. The van der Waals surface area contributed by atoms with E-state index >= 15 is 0 Å². The Labute approximate surface area is 119 Å². The molecule has 0 N–H and O–H groups in total. The molecule has 0 unspecified atom stereocenters. The first-order chi connectivity index (χ1) is 9.47. The second-order valence-electron chi connectivity index (χ2n) is 4.00. The van der Waals surface area contributed by atoms with Crippen LogP contribution in [0.25, 0.3) is 5.57 Å². The van der Waals surface area contributed by atoms with Gasteiger partial charge in [0.1, 0.15) is 5.03 Å². The maximum absolute atomic E-state index is 12.1. The fraction of sp³-hybridized carbons (Fsp3) is 0.0769. The van der Waals surface area contributed by atoms with Gasteiger partial charge in [0.2, 0.25) is 0 Å². The Morgan fingerprint density at radius 2 is 1.85 bits per heavy atom. The van der Waals surface area contributed by atoms with Gasteiger partial charge in [-0.1, -0.05) is 17.7 Å². The maximum atomic E-state index is 12.1. The number of hydrogen-bond acceptors (Lipinski definition) is 4. The summed E-state index contributed by atoms with van der Waals surface area (Å²) in [7, 11) is 0. The van der Waals surface area contributed by atoms with Crippen LogP contribution in [0, 0.1) is 10.1 Å². The predicted molar refractivity (Wildman–Crippen MR) is 72.8 cm³/mol. The Morgan fingerprint density at radius 1 is 1.25 bits per heavy atom. The van der Waals surface area contributed by atoms with Gasteiger partial charge in [0.25, 0.3) is 17.5 Å². The summed E-state index contributed by atoms with van der Waals surface area (Å²) in [6.45, 7) is 3.52. The van der Waals surface area contributed by atoms with Crippen molar-refractivity contribution in [3.63, 3.8) is 0 Å². The molecule has 1 aromatic carbocycles. The van der Waals surface area contributed by atoms with Crippen LogP contribution in [-0.4, -0.2) is 28.2 Å². The lowest BCUT2D eigenvalue weighted by Crippen LogP contribution is -2.31. The van der Waals surface area contributed by atoms with E-state index in [1.54, 1.807) is 0 Å². The number of carbonyl (C=O) groups is 2. The number of nitro groups is 1. The number of non-ortho nitro benzene ring substituents is 1. The molecule has 0 aromatic heterocycles. The molecule has 0 spiro atoms. The predicted octanol–water partition coefficient (Wildman–Crippen LogP) is 2.10. The number of benzene rings is 1. The number of carbonyl (C=O) groups excluding carboxylic acids is 2. The molecular formula is C13H9ClN2O4. The number of rotatable bonds is 4. The molecular weight excluding hydrogens is 284 g/mol. The molecule has 20 heavy (non-hydrogen) atoms. The van der Waals surface area contributed by atoms with Crippen molar-refractivity contribution in [1.29, 1.82) is 0 Å². The summed E-state index contributed by atoms with van der Waals surface area (Å²) in [4.78, 5) is 34.9. The van der Waals surface area contributed by atoms with Crippen LogP contribution in [0.4, 0.5) is 5.69 Å². The largest absolute Gasteiger partial charge is 0.273 e. The third kappa shape index (κ3) is 2.21. The number of halogens is 1. The van der Waals surface area contributed by atoms with Crippen molar-refractivity contribution < 1.29 is 14.5 Å². The third-order valence-corrected chi connectivity index (χ3v) is 3.14. The first-order valence-corrected chi connectivity index (χ1v) is 5.97. The Morgan fingerprint density at radius 3 is 2.35 bits per heavy atom. The number of nitro benzene ring substituents is 1. The summed E-state index contributed by atoms with van der Waals surface area (Å²) in [6, 6.07) is 5.28. The van der Waals surface area contributed by atoms with E-state index in [2.05, 4.69) is 6.58 Å². The quantitative estimate of drug-likeness (QED) is 0.368. The minimum Gasteiger partial charge on any atom is -0.270 e. The van der Waals surface area contributed by atoms with Crippen LogP contribution in [0.1, 0.15) is 5.56 Å². The minimum atomic E-state index is -0.593. The molecule has 0 saturated heterocycles. The van der Waals surface area contributed by atoms with Crippen molar-refractivity contribution in [2.75, 3.05) is 6.54 Å². The van der Waals surface area contributed by atoms with E-state index in [1.165, 1.54) is 30.3 Å². The summed E-state index contributed by atoms with van der Waals surface area (Å²) in [5.41, 5.74) is 0.309. The van der Waals surface area contributed by atoms with Gasteiger partial charge in [-0.2, -0.15) is 0 Å². The Bertz CT molecular complexity index is 649. The Hall–Kier alpha value is -2.47. The molecule has 0 bridgehead atoms. The molecule has 1 heterocycles. The smallest absolute Gasteiger partial charge is 0.270 e. The van der Waals surface area contributed by atoms with E-state index in [4.69, 9.17) is 11.6 Å². The van der Waals surface area contributed by atoms with Crippen molar-refractivity contribution in [3.8, 4) is 0 Å². The van der Waals surface area contributed by atoms with Crippen molar-refractivity contribution >= 4 is 34.7 Å². The van der Waals surface area contributed by atoms with Crippen LogP contribution >= 0.6 is 11.6 Å². The molecule has 2 amide bonds. The minimum absolute atomic E-state index is 0.0495. The van der Waals surface area contributed by atoms with E-state index in [-0.39, 0.29) is 22.8 Å². The zero-order valence-corrected chi connectivity index (χ0v) is 11.0. The van der Waals surface area contributed by atoms with Gasteiger partial charge < -0.3 is 0 Å². The summed E-state index contributed by atoms with van der Waals surface area (Å²) >= 11 is 5.89. The third-order valence-electron chi connectivity index (χ3n) is 2.79. The van der Waals surface area contributed by atoms with Gasteiger partial charge in [-0.25, -0.2) is 0 Å². The molecule has 7 heteroatoms. The van der Waals surface area contributed by atoms with Gasteiger partial charge in [0, 0.05) is 18.7 Å². The van der Waals surface area contributed by atoms with Crippen LogP contribution in [0.2, 0.25) is 0 Å². The van der Waals surface area contributed by atoms with Crippen LogP contribution in [0.3, 0.4) is 0 Å². The van der Waals surface area contributed by atoms with Crippen LogP contribution in [0.5, 0.6) is 0 Å². The van der Waals surface area contributed by atoms with Crippen LogP contribution in [-0.2, 0) is 9.59 Å². The highest BCUT2D eigenvalue weighted by Crippen LogP contribution is 2.32. The Kier molecular flexibility index (Phi) is 3.67. The SMILES string of the molecule is C=CCN1C(=O)C(Cl)=C(c2ccc([N+](=O)[O-])cc2)C1=O. The van der Waals surface area contributed by atoms with E-state index in [9.17, 15) is 19.7 Å². The van der Waals surface area contributed by atoms with Gasteiger partial charge >= 0.3 is 0 Å². The second-order valence-corrected chi connectivity index (χ2v) is 4.38. The molecule has 1 aliphatic rings. The van der Waals surface area contributed by atoms with E-state index < -0.39 is 16.7 Å². The number of imide groups is 1. The first-order valence-electron chi connectivity index (χ1n) is 5.59. The van der Waals surface area contributed by atoms with Gasteiger partial charge in [-0.15, -0.1) is 6.58 Å². The van der Waals surface area contributed by atoms with E-state index in [1.807, 2.05) is 0 Å². The number of nitrogens with zero attached hydrogens (tertiary/aromatic N) is 2. The van der Waals surface area contributed by atoms with Gasteiger partial charge in [-0.3, -0.25) is 24.6 Å². The summed E-state index contributed by atoms with van der Waals surface area (Å²) in [5, 5.41) is 10.4. The van der Waals surface area contributed by atoms with Crippen molar-refractivity contribution in [1.82, 2.24) is 4.90 Å². The molecule has 0 saturated carbocycles. The Balaban J connectivity index is 2.41. The maximum Gasteiger partial charge on any atom is 0.273 e.